The van der Waals surface area contributed by atoms with Gasteiger partial charge in [0, 0.05) is 17.2 Å². The van der Waals surface area contributed by atoms with Gasteiger partial charge in [0.25, 0.3) is 11.8 Å². The molecule has 0 aromatic carbocycles. The fourth-order valence-corrected chi connectivity index (χ4v) is 3.65. The van der Waals surface area contributed by atoms with Gasteiger partial charge >= 0.3 is 0 Å². The van der Waals surface area contributed by atoms with E-state index in [4.69, 9.17) is 4.42 Å². The molecule has 3 heterocycles. The number of hydrogen-bond acceptors (Lipinski definition) is 5. The normalized spacial score (nSPS) is 10.6. The number of carbonyl (C=O) groups excluding carboxylic acids is 2. The molecule has 2 amide bonds. The molecule has 0 aliphatic rings. The van der Waals surface area contributed by atoms with Crippen molar-refractivity contribution in [3.05, 3.63) is 63.5 Å². The van der Waals surface area contributed by atoms with Crippen LogP contribution >= 0.6 is 27.3 Å². The Bertz CT molecular complexity index is 920. The summed E-state index contributed by atoms with van der Waals surface area (Å²) in [6.07, 6.45) is 3.09. The van der Waals surface area contributed by atoms with E-state index >= 15 is 0 Å². The van der Waals surface area contributed by atoms with Crippen LogP contribution < -0.4 is 10.2 Å². The molecule has 6 nitrogen and oxygen atoms in total. The number of carbonyl (C=O) groups is 2. The van der Waals surface area contributed by atoms with Crippen molar-refractivity contribution in [2.24, 2.45) is 0 Å². The first kappa shape index (κ1) is 18.3. The first-order valence-electron chi connectivity index (χ1n) is 7.88. The largest absolute Gasteiger partial charge is 0.459 e. The van der Waals surface area contributed by atoms with Gasteiger partial charge in [-0.15, -0.1) is 11.3 Å². The Labute approximate surface area is 163 Å². The molecule has 0 aliphatic carbocycles. The minimum absolute atomic E-state index is 0.150. The molecule has 3 aromatic rings. The van der Waals surface area contributed by atoms with Crippen LogP contribution in [0.5, 0.6) is 0 Å². The van der Waals surface area contributed by atoms with E-state index in [1.54, 1.807) is 35.4 Å². The minimum atomic E-state index is -0.350. The average Bonchev–Trinajstić information content (AvgIpc) is 3.27. The number of aromatic nitrogens is 1. The second-order valence-electron chi connectivity index (χ2n) is 5.44. The van der Waals surface area contributed by atoms with Crippen LogP contribution in [-0.4, -0.2) is 23.3 Å². The number of nitrogens with zero attached hydrogens (tertiary/aromatic N) is 2. The molecular weight excluding hydrogens is 418 g/mol. The number of nitrogens with one attached hydrogen (secondary N) is 1. The van der Waals surface area contributed by atoms with E-state index in [9.17, 15) is 9.59 Å². The predicted octanol–water partition coefficient (Wildman–Crippen LogP) is 4.73. The van der Waals surface area contributed by atoms with Crippen LogP contribution in [0.3, 0.4) is 0 Å². The standard InChI is InChI=1S/C18H16BrN3O3S/c1-3-22(14-7-6-12(19)10-20-14)18(24)16-11(2)9-15(26-16)21-17(23)13-5-4-8-25-13/h4-10H,3H2,1-2H3,(H,21,23). The minimum Gasteiger partial charge on any atom is -0.459 e. The lowest BCUT2D eigenvalue weighted by atomic mass is 10.2. The average molecular weight is 434 g/mol. The topological polar surface area (TPSA) is 75.4 Å². The van der Waals surface area contributed by atoms with E-state index in [-0.39, 0.29) is 17.6 Å². The summed E-state index contributed by atoms with van der Waals surface area (Å²) in [5, 5.41) is 3.35. The maximum absolute atomic E-state index is 13.0. The molecule has 8 heteroatoms. The number of furan rings is 1. The number of anilines is 2. The van der Waals surface area contributed by atoms with Crippen LogP contribution in [0.15, 0.2) is 51.7 Å². The van der Waals surface area contributed by atoms with Crippen molar-refractivity contribution in [2.75, 3.05) is 16.8 Å². The number of thiophene rings is 1. The molecule has 3 aromatic heterocycles. The highest BCUT2D eigenvalue weighted by molar-refractivity contribution is 9.10. The number of rotatable bonds is 5. The van der Waals surface area contributed by atoms with Crippen LogP contribution in [0.25, 0.3) is 0 Å². The zero-order valence-electron chi connectivity index (χ0n) is 14.2. The third kappa shape index (κ3) is 3.86. The third-order valence-corrected chi connectivity index (χ3v) is 5.25. The molecule has 0 unspecified atom stereocenters. The van der Waals surface area contributed by atoms with Gasteiger partial charge in [-0.2, -0.15) is 0 Å². The Hall–Kier alpha value is -2.45. The molecule has 0 aliphatic heterocycles. The first-order valence-corrected chi connectivity index (χ1v) is 9.49. The fraction of sp³-hybridized carbons (Fsp3) is 0.167. The van der Waals surface area contributed by atoms with Gasteiger partial charge in [0.05, 0.1) is 16.1 Å². The summed E-state index contributed by atoms with van der Waals surface area (Å²) in [6.45, 7) is 4.22. The first-order chi connectivity index (χ1) is 12.5. The van der Waals surface area contributed by atoms with Crippen molar-refractivity contribution in [1.29, 1.82) is 0 Å². The van der Waals surface area contributed by atoms with Crippen LogP contribution in [-0.2, 0) is 0 Å². The highest BCUT2D eigenvalue weighted by atomic mass is 79.9. The molecule has 0 spiro atoms. The van der Waals surface area contributed by atoms with Crippen molar-refractivity contribution >= 4 is 49.9 Å². The maximum Gasteiger partial charge on any atom is 0.291 e. The summed E-state index contributed by atoms with van der Waals surface area (Å²) in [5.74, 6) is 0.299. The molecule has 0 fully saturated rings. The van der Waals surface area contributed by atoms with Gasteiger partial charge in [0.15, 0.2) is 5.76 Å². The Morgan fingerprint density at radius 3 is 2.77 bits per heavy atom. The highest BCUT2D eigenvalue weighted by Crippen LogP contribution is 2.29. The molecule has 26 heavy (non-hydrogen) atoms. The second kappa shape index (κ2) is 7.84. The molecule has 1 N–H and O–H groups in total. The van der Waals surface area contributed by atoms with Crippen molar-refractivity contribution in [1.82, 2.24) is 4.98 Å². The van der Waals surface area contributed by atoms with Crippen LogP contribution in [0, 0.1) is 6.92 Å². The number of amides is 2. The quantitative estimate of drug-likeness (QED) is 0.630. The highest BCUT2D eigenvalue weighted by Gasteiger charge is 2.22. The number of aryl methyl sites for hydroxylation is 1. The summed E-state index contributed by atoms with van der Waals surface area (Å²) in [7, 11) is 0. The lowest BCUT2D eigenvalue weighted by Crippen LogP contribution is -2.31. The Morgan fingerprint density at radius 2 is 2.15 bits per heavy atom. The summed E-state index contributed by atoms with van der Waals surface area (Å²) in [4.78, 5) is 31.5. The summed E-state index contributed by atoms with van der Waals surface area (Å²) >= 11 is 4.57. The molecule has 3 rings (SSSR count). The molecule has 0 saturated heterocycles. The monoisotopic (exact) mass is 433 g/mol. The van der Waals surface area contributed by atoms with Crippen molar-refractivity contribution in [3.63, 3.8) is 0 Å². The Kier molecular flexibility index (Phi) is 5.53. The van der Waals surface area contributed by atoms with Gasteiger partial charge in [-0.3, -0.25) is 14.5 Å². The predicted molar refractivity (Wildman–Crippen MR) is 105 cm³/mol. The van der Waals surface area contributed by atoms with E-state index in [1.165, 1.54) is 17.6 Å². The zero-order chi connectivity index (χ0) is 18.7. The van der Waals surface area contributed by atoms with Gasteiger partial charge in [0.1, 0.15) is 5.82 Å². The van der Waals surface area contributed by atoms with Crippen molar-refractivity contribution < 1.29 is 14.0 Å². The van der Waals surface area contributed by atoms with Crippen molar-refractivity contribution in [3.8, 4) is 0 Å². The number of halogens is 1. The van der Waals surface area contributed by atoms with E-state index in [0.29, 0.717) is 22.2 Å². The van der Waals surface area contributed by atoms with Crippen LogP contribution in [0.4, 0.5) is 10.8 Å². The molecule has 0 saturated carbocycles. The molecule has 134 valence electrons. The van der Waals surface area contributed by atoms with E-state index in [2.05, 4.69) is 26.2 Å². The Balaban J connectivity index is 1.82. The lowest BCUT2D eigenvalue weighted by Gasteiger charge is -2.19. The Morgan fingerprint density at radius 1 is 1.35 bits per heavy atom. The summed E-state index contributed by atoms with van der Waals surface area (Å²) in [6, 6.07) is 8.64. The van der Waals surface area contributed by atoms with Gasteiger partial charge in [-0.1, -0.05) is 0 Å². The van der Waals surface area contributed by atoms with Gasteiger partial charge < -0.3 is 9.73 Å². The van der Waals surface area contributed by atoms with Crippen LogP contribution in [0.2, 0.25) is 0 Å². The van der Waals surface area contributed by atoms with Crippen molar-refractivity contribution in [2.45, 2.75) is 13.8 Å². The van der Waals surface area contributed by atoms with E-state index in [0.717, 1.165) is 10.0 Å². The summed E-state index contributed by atoms with van der Waals surface area (Å²) in [5.41, 5.74) is 0.797. The van der Waals surface area contributed by atoms with Gasteiger partial charge in [-0.25, -0.2) is 4.98 Å². The fourth-order valence-electron chi connectivity index (χ4n) is 2.40. The number of pyridine rings is 1. The van der Waals surface area contributed by atoms with E-state index in [1.807, 2.05) is 19.9 Å². The summed E-state index contributed by atoms with van der Waals surface area (Å²) < 4.78 is 5.93. The third-order valence-electron chi connectivity index (χ3n) is 3.64. The van der Waals surface area contributed by atoms with Gasteiger partial charge in [0.2, 0.25) is 0 Å². The maximum atomic E-state index is 13.0. The lowest BCUT2D eigenvalue weighted by molar-refractivity contribution is 0.0985. The molecule has 0 radical (unpaired) electrons. The SMILES string of the molecule is CCN(C(=O)c1sc(NC(=O)c2ccco2)cc1C)c1ccc(Br)cn1. The zero-order valence-corrected chi connectivity index (χ0v) is 16.6. The molecule has 0 bridgehead atoms. The second-order valence-corrected chi connectivity index (χ2v) is 7.41. The molecular formula is C18H16BrN3O3S. The number of hydrogen-bond donors (Lipinski definition) is 1. The van der Waals surface area contributed by atoms with Crippen LogP contribution in [0.1, 0.15) is 32.7 Å². The smallest absolute Gasteiger partial charge is 0.291 e. The molecule has 0 atom stereocenters. The van der Waals surface area contributed by atoms with Gasteiger partial charge in [-0.05, 0) is 65.7 Å². The van der Waals surface area contributed by atoms with E-state index < -0.39 is 0 Å².